The van der Waals surface area contributed by atoms with E-state index in [1.165, 1.54) is 5.69 Å². The summed E-state index contributed by atoms with van der Waals surface area (Å²) in [5.41, 5.74) is 2.01. The van der Waals surface area contributed by atoms with Crippen molar-refractivity contribution in [1.82, 2.24) is 9.62 Å². The van der Waals surface area contributed by atoms with Crippen LogP contribution in [0.4, 0.5) is 5.69 Å². The molecule has 27 heavy (non-hydrogen) atoms. The molecule has 0 radical (unpaired) electrons. The monoisotopic (exact) mass is 407 g/mol. The van der Waals surface area contributed by atoms with E-state index >= 15 is 0 Å². The second-order valence-electron chi connectivity index (χ2n) is 6.80. The molecule has 1 saturated heterocycles. The van der Waals surface area contributed by atoms with Crippen molar-refractivity contribution in [2.75, 3.05) is 44.2 Å². The minimum Gasteiger partial charge on any atom is -0.369 e. The largest absolute Gasteiger partial charge is 0.369 e. The number of hydrogen-bond acceptors (Lipinski definition) is 4. The third-order valence-corrected chi connectivity index (χ3v) is 6.35. The Morgan fingerprint density at radius 1 is 0.926 bits per heavy atom. The predicted octanol–water partition coefficient (Wildman–Crippen LogP) is 2.97. The molecule has 1 aliphatic heterocycles. The van der Waals surface area contributed by atoms with Gasteiger partial charge in [0.15, 0.2) is 0 Å². The fourth-order valence-corrected chi connectivity index (χ4v) is 4.56. The first-order valence-corrected chi connectivity index (χ1v) is 11.3. The van der Waals surface area contributed by atoms with Gasteiger partial charge in [-0.3, -0.25) is 4.90 Å². The van der Waals surface area contributed by atoms with Crippen LogP contribution in [0.15, 0.2) is 54.6 Å². The Bertz CT molecular complexity index is 805. The zero-order valence-electron chi connectivity index (χ0n) is 15.4. The van der Waals surface area contributed by atoms with E-state index in [2.05, 4.69) is 38.8 Å². The van der Waals surface area contributed by atoms with Crippen molar-refractivity contribution in [3.63, 3.8) is 0 Å². The highest BCUT2D eigenvalue weighted by Crippen LogP contribution is 2.15. The van der Waals surface area contributed by atoms with Crippen molar-refractivity contribution in [2.24, 2.45) is 0 Å². The zero-order valence-corrected chi connectivity index (χ0v) is 16.9. The van der Waals surface area contributed by atoms with Crippen LogP contribution in [0.25, 0.3) is 0 Å². The molecule has 0 aliphatic carbocycles. The first kappa shape index (κ1) is 20.1. The Hall–Kier alpha value is -1.60. The van der Waals surface area contributed by atoms with E-state index in [1.54, 1.807) is 24.3 Å². The molecule has 146 valence electrons. The van der Waals surface area contributed by atoms with Crippen molar-refractivity contribution < 1.29 is 8.42 Å². The average molecular weight is 408 g/mol. The van der Waals surface area contributed by atoms with E-state index < -0.39 is 10.0 Å². The fourth-order valence-electron chi connectivity index (χ4n) is 3.25. The standard InChI is InChI=1S/C20H26ClN3O2S/c21-19-9-7-18(8-10-19)17-27(25,26)22-11-4-12-23-13-15-24(16-14-23)20-5-2-1-3-6-20/h1-3,5-10,22H,4,11-17H2. The molecule has 1 heterocycles. The van der Waals surface area contributed by atoms with Crippen molar-refractivity contribution in [2.45, 2.75) is 12.2 Å². The summed E-state index contributed by atoms with van der Waals surface area (Å²) in [5.74, 6) is -0.0140. The van der Waals surface area contributed by atoms with Gasteiger partial charge < -0.3 is 4.90 Å². The summed E-state index contributed by atoms with van der Waals surface area (Å²) in [6, 6.07) is 17.4. The highest BCUT2D eigenvalue weighted by molar-refractivity contribution is 7.88. The molecule has 0 amide bonds. The van der Waals surface area contributed by atoms with Gasteiger partial charge in [-0.15, -0.1) is 0 Å². The number of halogens is 1. The molecule has 0 saturated carbocycles. The number of para-hydroxylation sites is 1. The molecule has 5 nitrogen and oxygen atoms in total. The summed E-state index contributed by atoms with van der Waals surface area (Å²) in [6.07, 6.45) is 0.811. The summed E-state index contributed by atoms with van der Waals surface area (Å²) in [6.45, 7) is 5.40. The molecule has 2 aromatic carbocycles. The number of rotatable bonds is 8. The molecule has 1 fully saturated rings. The fraction of sp³-hybridized carbons (Fsp3) is 0.400. The highest BCUT2D eigenvalue weighted by atomic mass is 35.5. The molecule has 1 aliphatic rings. The van der Waals surface area contributed by atoms with E-state index in [0.717, 1.165) is 44.7 Å². The minimum atomic E-state index is -3.32. The smallest absolute Gasteiger partial charge is 0.215 e. The summed E-state index contributed by atoms with van der Waals surface area (Å²) in [4.78, 5) is 4.79. The number of anilines is 1. The SMILES string of the molecule is O=S(=O)(Cc1ccc(Cl)cc1)NCCCN1CCN(c2ccccc2)CC1. The molecule has 0 aromatic heterocycles. The van der Waals surface area contributed by atoms with Crippen LogP contribution in [0.3, 0.4) is 0 Å². The Kier molecular flexibility index (Phi) is 7.13. The lowest BCUT2D eigenvalue weighted by Gasteiger charge is -2.36. The van der Waals surface area contributed by atoms with Gasteiger partial charge in [0.05, 0.1) is 5.75 Å². The molecular weight excluding hydrogens is 382 g/mol. The predicted molar refractivity (Wildman–Crippen MR) is 112 cm³/mol. The molecule has 7 heteroatoms. The van der Waals surface area contributed by atoms with Crippen LogP contribution in [0, 0.1) is 0 Å². The lowest BCUT2D eigenvalue weighted by Crippen LogP contribution is -2.47. The molecule has 1 N–H and O–H groups in total. The lowest BCUT2D eigenvalue weighted by atomic mass is 10.2. The number of piperazine rings is 1. The van der Waals surface area contributed by atoms with E-state index in [-0.39, 0.29) is 5.75 Å². The Morgan fingerprint density at radius 3 is 2.26 bits per heavy atom. The van der Waals surface area contributed by atoms with Gasteiger partial charge in [-0.05, 0) is 42.8 Å². The summed E-state index contributed by atoms with van der Waals surface area (Å²) in [5, 5.41) is 0.608. The quantitative estimate of drug-likeness (QED) is 0.683. The number of nitrogens with one attached hydrogen (secondary N) is 1. The molecule has 0 atom stereocenters. The van der Waals surface area contributed by atoms with Crippen LogP contribution in [0.2, 0.25) is 5.02 Å². The molecule has 2 aromatic rings. The number of sulfonamides is 1. The maximum atomic E-state index is 12.2. The Balaban J connectivity index is 1.35. The van der Waals surface area contributed by atoms with Gasteiger partial charge in [0.1, 0.15) is 0 Å². The van der Waals surface area contributed by atoms with Gasteiger partial charge in [-0.2, -0.15) is 0 Å². The van der Waals surface area contributed by atoms with Crippen LogP contribution in [-0.2, 0) is 15.8 Å². The van der Waals surface area contributed by atoms with E-state index in [4.69, 9.17) is 11.6 Å². The van der Waals surface area contributed by atoms with E-state index in [9.17, 15) is 8.42 Å². The minimum absolute atomic E-state index is 0.0140. The van der Waals surface area contributed by atoms with Crippen LogP contribution in [-0.4, -0.2) is 52.6 Å². The number of hydrogen-bond donors (Lipinski definition) is 1. The Labute approximate surface area is 167 Å². The van der Waals surface area contributed by atoms with Crippen LogP contribution >= 0.6 is 11.6 Å². The summed E-state index contributed by atoms with van der Waals surface area (Å²) in [7, 11) is -3.32. The van der Waals surface area contributed by atoms with Gasteiger partial charge in [0.25, 0.3) is 0 Å². The van der Waals surface area contributed by atoms with Crippen molar-refractivity contribution in [3.05, 3.63) is 65.2 Å². The topological polar surface area (TPSA) is 52.7 Å². The zero-order chi connectivity index (χ0) is 19.1. The van der Waals surface area contributed by atoms with Gasteiger partial charge in [0.2, 0.25) is 10.0 Å². The maximum Gasteiger partial charge on any atom is 0.215 e. The summed E-state index contributed by atoms with van der Waals surface area (Å²) >= 11 is 5.83. The van der Waals surface area contributed by atoms with Gasteiger partial charge in [-0.1, -0.05) is 41.9 Å². The molecule has 0 bridgehead atoms. The normalized spacial score (nSPS) is 15.8. The first-order chi connectivity index (χ1) is 13.0. The van der Waals surface area contributed by atoms with Gasteiger partial charge >= 0.3 is 0 Å². The average Bonchev–Trinajstić information content (AvgIpc) is 2.68. The van der Waals surface area contributed by atoms with Crippen molar-refractivity contribution in [3.8, 4) is 0 Å². The third-order valence-electron chi connectivity index (χ3n) is 4.74. The molecule has 3 rings (SSSR count). The van der Waals surface area contributed by atoms with Crippen LogP contribution < -0.4 is 9.62 Å². The van der Waals surface area contributed by atoms with Crippen molar-refractivity contribution in [1.29, 1.82) is 0 Å². The summed E-state index contributed by atoms with van der Waals surface area (Å²) < 4.78 is 27.0. The third kappa shape index (κ3) is 6.50. The second kappa shape index (κ2) is 9.55. The maximum absolute atomic E-state index is 12.2. The highest BCUT2D eigenvalue weighted by Gasteiger charge is 2.17. The second-order valence-corrected chi connectivity index (χ2v) is 9.04. The number of nitrogens with zero attached hydrogens (tertiary/aromatic N) is 2. The van der Waals surface area contributed by atoms with E-state index in [0.29, 0.717) is 11.6 Å². The molecular formula is C20H26ClN3O2S. The van der Waals surface area contributed by atoms with E-state index in [1.807, 2.05) is 6.07 Å². The Morgan fingerprint density at radius 2 is 1.59 bits per heavy atom. The van der Waals surface area contributed by atoms with Crippen molar-refractivity contribution >= 4 is 27.3 Å². The van der Waals surface area contributed by atoms with Crippen LogP contribution in [0.1, 0.15) is 12.0 Å². The molecule has 0 unspecified atom stereocenters. The number of benzene rings is 2. The van der Waals surface area contributed by atoms with Gasteiger partial charge in [0, 0.05) is 43.4 Å². The lowest BCUT2D eigenvalue weighted by molar-refractivity contribution is 0.255. The first-order valence-electron chi connectivity index (χ1n) is 9.26. The van der Waals surface area contributed by atoms with Gasteiger partial charge in [-0.25, -0.2) is 13.1 Å². The molecule has 0 spiro atoms. The van der Waals surface area contributed by atoms with Crippen LogP contribution in [0.5, 0.6) is 0 Å².